The average Bonchev–Trinajstić information content (AvgIpc) is 2.29. The molecule has 0 aliphatic rings. The van der Waals surface area contributed by atoms with Crippen LogP contribution in [0, 0.1) is 6.92 Å². The van der Waals surface area contributed by atoms with Gasteiger partial charge in [-0.25, -0.2) is 0 Å². The number of nitrogens with zero attached hydrogens (tertiary/aromatic N) is 1. The Bertz CT molecular complexity index is 328. The van der Waals surface area contributed by atoms with E-state index in [1.54, 1.807) is 0 Å². The van der Waals surface area contributed by atoms with Gasteiger partial charge in [0.2, 0.25) is 0 Å². The third-order valence-corrected chi connectivity index (χ3v) is 3.17. The first kappa shape index (κ1) is 13.5. The Labute approximate surface area is 107 Å². The van der Waals surface area contributed by atoms with E-state index in [-0.39, 0.29) is 0 Å². The van der Waals surface area contributed by atoms with Crippen LogP contribution in [0.3, 0.4) is 0 Å². The van der Waals surface area contributed by atoms with Gasteiger partial charge >= 0.3 is 0 Å². The zero-order valence-corrected chi connectivity index (χ0v) is 11.9. The first-order valence-corrected chi connectivity index (χ1v) is 6.75. The molecule has 0 spiro atoms. The van der Waals surface area contributed by atoms with Crippen molar-refractivity contribution < 1.29 is 4.74 Å². The molecule has 1 rings (SSSR count). The number of hydrogen-bond donors (Lipinski definition) is 0. The molecule has 0 heterocycles. The summed E-state index contributed by atoms with van der Waals surface area (Å²) in [6.07, 6.45) is 0. The van der Waals surface area contributed by atoms with Gasteiger partial charge in [0.05, 0.1) is 6.61 Å². The fraction of sp³-hybridized carbons (Fsp3) is 0.538. The fourth-order valence-corrected chi connectivity index (χ4v) is 2.11. The molecule has 1 aromatic rings. The minimum absolute atomic E-state index is 0.780. The van der Waals surface area contributed by atoms with Crippen molar-refractivity contribution in [2.24, 2.45) is 0 Å². The second-order valence-corrected chi connectivity index (χ2v) is 4.45. The van der Waals surface area contributed by atoms with Crippen molar-refractivity contribution in [2.75, 3.05) is 31.7 Å². The van der Waals surface area contributed by atoms with Crippen LogP contribution in [-0.4, -0.2) is 26.8 Å². The summed E-state index contributed by atoms with van der Waals surface area (Å²) in [7, 11) is 2.11. The van der Waals surface area contributed by atoms with Crippen LogP contribution in [0.5, 0.6) is 0 Å². The average molecular weight is 286 g/mol. The van der Waals surface area contributed by atoms with Crippen LogP contribution in [0.25, 0.3) is 0 Å². The van der Waals surface area contributed by atoms with Crippen molar-refractivity contribution in [2.45, 2.75) is 19.2 Å². The summed E-state index contributed by atoms with van der Waals surface area (Å²) in [4.78, 5) is 2.24. The SMILES string of the molecule is CCOCCN(C)c1ccc(C)cc1CBr. The highest BCUT2D eigenvalue weighted by atomic mass is 79.9. The number of alkyl halides is 1. The van der Waals surface area contributed by atoms with Crippen LogP contribution in [0.4, 0.5) is 5.69 Å². The van der Waals surface area contributed by atoms with Gasteiger partial charge in [-0.2, -0.15) is 0 Å². The molecule has 0 fully saturated rings. The van der Waals surface area contributed by atoms with Gasteiger partial charge in [0.25, 0.3) is 0 Å². The van der Waals surface area contributed by atoms with E-state index in [0.717, 1.165) is 25.1 Å². The van der Waals surface area contributed by atoms with Gasteiger partial charge in [-0.15, -0.1) is 0 Å². The minimum Gasteiger partial charge on any atom is -0.380 e. The molecule has 0 aromatic heterocycles. The van der Waals surface area contributed by atoms with Crippen molar-refractivity contribution in [1.29, 1.82) is 0 Å². The topological polar surface area (TPSA) is 12.5 Å². The minimum atomic E-state index is 0.780. The molecule has 90 valence electrons. The fourth-order valence-electron chi connectivity index (χ4n) is 1.66. The summed E-state index contributed by atoms with van der Waals surface area (Å²) in [5.41, 5.74) is 3.91. The van der Waals surface area contributed by atoms with Crippen molar-refractivity contribution in [1.82, 2.24) is 0 Å². The highest BCUT2D eigenvalue weighted by Crippen LogP contribution is 2.23. The Kier molecular flexibility index (Phi) is 5.85. The second-order valence-electron chi connectivity index (χ2n) is 3.88. The predicted molar refractivity (Wildman–Crippen MR) is 73.6 cm³/mol. The Hall–Kier alpha value is -0.540. The van der Waals surface area contributed by atoms with Gasteiger partial charge in [-0.1, -0.05) is 33.6 Å². The molecule has 0 saturated carbocycles. The summed E-state index contributed by atoms with van der Waals surface area (Å²) < 4.78 is 5.37. The zero-order chi connectivity index (χ0) is 12.0. The summed E-state index contributed by atoms with van der Waals surface area (Å²) in [5.74, 6) is 0. The van der Waals surface area contributed by atoms with Gasteiger partial charge in [0.1, 0.15) is 0 Å². The largest absolute Gasteiger partial charge is 0.380 e. The van der Waals surface area contributed by atoms with Crippen LogP contribution in [0.1, 0.15) is 18.1 Å². The number of ether oxygens (including phenoxy) is 1. The van der Waals surface area contributed by atoms with E-state index < -0.39 is 0 Å². The van der Waals surface area contributed by atoms with Crippen molar-refractivity contribution in [3.8, 4) is 0 Å². The highest BCUT2D eigenvalue weighted by Gasteiger charge is 2.06. The van der Waals surface area contributed by atoms with E-state index in [9.17, 15) is 0 Å². The molecule has 0 atom stereocenters. The molecule has 3 heteroatoms. The number of benzene rings is 1. The smallest absolute Gasteiger partial charge is 0.0641 e. The lowest BCUT2D eigenvalue weighted by molar-refractivity contribution is 0.154. The van der Waals surface area contributed by atoms with E-state index in [1.165, 1.54) is 16.8 Å². The molecule has 0 aliphatic carbocycles. The second kappa shape index (κ2) is 6.92. The summed E-state index contributed by atoms with van der Waals surface area (Å²) >= 11 is 3.53. The molecular formula is C13H20BrNO. The molecule has 0 radical (unpaired) electrons. The summed E-state index contributed by atoms with van der Waals surface area (Å²) in [6, 6.07) is 6.55. The third-order valence-electron chi connectivity index (χ3n) is 2.57. The first-order valence-electron chi connectivity index (χ1n) is 5.63. The van der Waals surface area contributed by atoms with Gasteiger partial charge in [-0.05, 0) is 25.5 Å². The number of aryl methyl sites for hydroxylation is 1. The Morgan fingerprint density at radius 3 is 2.75 bits per heavy atom. The van der Waals surface area contributed by atoms with Crippen molar-refractivity contribution >= 4 is 21.6 Å². The van der Waals surface area contributed by atoms with Crippen LogP contribution in [0.2, 0.25) is 0 Å². The Balaban J connectivity index is 2.70. The van der Waals surface area contributed by atoms with Crippen LogP contribution in [-0.2, 0) is 10.1 Å². The molecule has 0 amide bonds. The van der Waals surface area contributed by atoms with Gasteiger partial charge in [-0.3, -0.25) is 0 Å². The molecule has 0 bridgehead atoms. The molecule has 1 aromatic carbocycles. The lowest BCUT2D eigenvalue weighted by Gasteiger charge is -2.22. The monoisotopic (exact) mass is 285 g/mol. The number of anilines is 1. The number of hydrogen-bond acceptors (Lipinski definition) is 2. The number of rotatable bonds is 6. The highest BCUT2D eigenvalue weighted by molar-refractivity contribution is 9.08. The first-order chi connectivity index (χ1) is 7.69. The Morgan fingerprint density at radius 1 is 1.38 bits per heavy atom. The lowest BCUT2D eigenvalue weighted by atomic mass is 10.1. The molecule has 16 heavy (non-hydrogen) atoms. The molecule has 0 saturated heterocycles. The van der Waals surface area contributed by atoms with Crippen LogP contribution >= 0.6 is 15.9 Å². The van der Waals surface area contributed by atoms with Crippen molar-refractivity contribution in [3.63, 3.8) is 0 Å². The zero-order valence-electron chi connectivity index (χ0n) is 10.3. The number of likely N-dealkylation sites (N-methyl/N-ethyl adjacent to an activating group) is 1. The van der Waals surface area contributed by atoms with Gasteiger partial charge in [0, 0.05) is 31.2 Å². The van der Waals surface area contributed by atoms with E-state index in [4.69, 9.17) is 4.74 Å². The maximum absolute atomic E-state index is 5.37. The molecule has 0 N–H and O–H groups in total. The molecule has 2 nitrogen and oxygen atoms in total. The van der Waals surface area contributed by atoms with Gasteiger partial charge < -0.3 is 9.64 Å². The maximum atomic E-state index is 5.37. The quantitative estimate of drug-likeness (QED) is 0.587. The normalized spacial score (nSPS) is 10.5. The molecular weight excluding hydrogens is 266 g/mol. The van der Waals surface area contributed by atoms with Crippen LogP contribution < -0.4 is 4.90 Å². The molecule has 0 aliphatic heterocycles. The van der Waals surface area contributed by atoms with E-state index >= 15 is 0 Å². The lowest BCUT2D eigenvalue weighted by Crippen LogP contribution is -2.23. The standard InChI is InChI=1S/C13H20BrNO/c1-4-16-8-7-15(3)13-6-5-11(2)9-12(13)10-14/h5-6,9H,4,7-8,10H2,1-3H3. The summed E-state index contributed by atoms with van der Waals surface area (Å²) in [6.45, 7) is 6.64. The van der Waals surface area contributed by atoms with E-state index in [1.807, 2.05) is 6.92 Å². The van der Waals surface area contributed by atoms with Gasteiger partial charge in [0.15, 0.2) is 0 Å². The van der Waals surface area contributed by atoms with E-state index in [2.05, 4.69) is 53.0 Å². The number of halogens is 1. The summed E-state index contributed by atoms with van der Waals surface area (Å²) in [5, 5.41) is 0.892. The maximum Gasteiger partial charge on any atom is 0.0641 e. The third kappa shape index (κ3) is 3.80. The van der Waals surface area contributed by atoms with E-state index in [0.29, 0.717) is 0 Å². The molecule has 0 unspecified atom stereocenters. The van der Waals surface area contributed by atoms with Crippen LogP contribution in [0.15, 0.2) is 18.2 Å². The van der Waals surface area contributed by atoms with Crippen molar-refractivity contribution in [3.05, 3.63) is 29.3 Å². The Morgan fingerprint density at radius 2 is 2.12 bits per heavy atom. The predicted octanol–water partition coefficient (Wildman–Crippen LogP) is 3.36.